The van der Waals surface area contributed by atoms with E-state index in [0.717, 1.165) is 31.2 Å². The zero-order chi connectivity index (χ0) is 18.4. The average Bonchev–Trinajstić information content (AvgIpc) is 2.67. The quantitative estimate of drug-likeness (QED) is 0.839. The molecular weight excluding hydrogens is 350 g/mol. The van der Waals surface area contributed by atoms with Crippen LogP contribution >= 0.6 is 11.6 Å². The first-order valence-electron chi connectivity index (χ1n) is 8.85. The van der Waals surface area contributed by atoms with E-state index < -0.39 is 0 Å². The molecule has 0 radical (unpaired) electrons. The van der Waals surface area contributed by atoms with Crippen LogP contribution in [-0.2, 0) is 16.1 Å². The molecule has 0 aliphatic heterocycles. The summed E-state index contributed by atoms with van der Waals surface area (Å²) in [5, 5.41) is 6.47. The van der Waals surface area contributed by atoms with Crippen LogP contribution in [0.25, 0.3) is 0 Å². The second-order valence-corrected chi connectivity index (χ2v) is 7.06. The molecule has 0 unspecified atom stereocenters. The summed E-state index contributed by atoms with van der Waals surface area (Å²) in [4.78, 5) is 28.8. The smallest absolute Gasteiger partial charge is 0.227 e. The largest absolute Gasteiger partial charge is 0.352 e. The van der Waals surface area contributed by atoms with Gasteiger partial charge in [0.25, 0.3) is 0 Å². The van der Waals surface area contributed by atoms with Gasteiger partial charge in [-0.2, -0.15) is 0 Å². The van der Waals surface area contributed by atoms with E-state index in [-0.39, 0.29) is 23.7 Å². The van der Waals surface area contributed by atoms with Gasteiger partial charge in [0.1, 0.15) is 0 Å². The predicted octanol–water partition coefficient (Wildman–Crippen LogP) is 3.80. The van der Waals surface area contributed by atoms with Crippen molar-refractivity contribution in [3.8, 4) is 0 Å². The summed E-state index contributed by atoms with van der Waals surface area (Å²) < 4.78 is 0. The molecule has 2 N–H and O–H groups in total. The third kappa shape index (κ3) is 5.05. The minimum absolute atomic E-state index is 0.00137. The van der Waals surface area contributed by atoms with Crippen molar-refractivity contribution in [3.05, 3.63) is 59.4 Å². The average molecular weight is 372 g/mol. The Morgan fingerprint density at radius 2 is 1.77 bits per heavy atom. The van der Waals surface area contributed by atoms with Gasteiger partial charge in [-0.05, 0) is 55.5 Å². The van der Waals surface area contributed by atoms with Gasteiger partial charge in [-0.15, -0.1) is 0 Å². The van der Waals surface area contributed by atoms with Gasteiger partial charge in [0.05, 0.1) is 0 Å². The Morgan fingerprint density at radius 3 is 2.42 bits per heavy atom. The molecule has 1 aliphatic rings. The summed E-state index contributed by atoms with van der Waals surface area (Å²) in [6, 6.07) is 10.9. The van der Waals surface area contributed by atoms with Crippen molar-refractivity contribution in [1.82, 2.24) is 10.3 Å². The first-order chi connectivity index (χ1) is 12.6. The molecule has 1 heterocycles. The van der Waals surface area contributed by atoms with E-state index in [1.807, 2.05) is 18.2 Å². The van der Waals surface area contributed by atoms with Gasteiger partial charge in [0.2, 0.25) is 11.8 Å². The van der Waals surface area contributed by atoms with E-state index in [1.165, 1.54) is 0 Å². The zero-order valence-corrected chi connectivity index (χ0v) is 15.2. The fourth-order valence-corrected chi connectivity index (χ4v) is 3.45. The summed E-state index contributed by atoms with van der Waals surface area (Å²) in [5.41, 5.74) is 1.69. The topological polar surface area (TPSA) is 71.1 Å². The fourth-order valence-electron chi connectivity index (χ4n) is 3.26. The number of rotatable bonds is 5. The molecule has 0 bridgehead atoms. The Hall–Kier alpha value is -2.40. The normalized spacial score (nSPS) is 19.6. The van der Waals surface area contributed by atoms with Crippen molar-refractivity contribution < 1.29 is 9.59 Å². The predicted molar refractivity (Wildman–Crippen MR) is 102 cm³/mol. The van der Waals surface area contributed by atoms with Crippen LogP contribution in [0.15, 0.2) is 48.8 Å². The number of hydrogen-bond acceptors (Lipinski definition) is 3. The molecule has 136 valence electrons. The van der Waals surface area contributed by atoms with E-state index in [9.17, 15) is 9.59 Å². The van der Waals surface area contributed by atoms with E-state index in [4.69, 9.17) is 11.6 Å². The lowest BCUT2D eigenvalue weighted by Gasteiger charge is -2.27. The third-order valence-electron chi connectivity index (χ3n) is 4.75. The maximum absolute atomic E-state index is 12.4. The van der Waals surface area contributed by atoms with Crippen LogP contribution in [0.4, 0.5) is 5.69 Å². The summed E-state index contributed by atoms with van der Waals surface area (Å²) in [6.07, 6.45) is 6.35. The van der Waals surface area contributed by atoms with Gasteiger partial charge in [0.15, 0.2) is 0 Å². The Kier molecular flexibility index (Phi) is 6.23. The van der Waals surface area contributed by atoms with Crippen LogP contribution in [0, 0.1) is 11.8 Å². The molecule has 0 atom stereocenters. The van der Waals surface area contributed by atoms with Crippen LogP contribution in [0.3, 0.4) is 0 Å². The molecular formula is C20H22ClN3O2. The maximum Gasteiger partial charge on any atom is 0.227 e. The SMILES string of the molecule is O=C(NCc1cccnc1)C1CCC(C(=O)Nc2cccc(Cl)c2)CC1. The number of anilines is 1. The number of halogens is 1. The second kappa shape index (κ2) is 8.81. The molecule has 0 spiro atoms. The van der Waals surface area contributed by atoms with Gasteiger partial charge in [0, 0.05) is 41.5 Å². The van der Waals surface area contributed by atoms with E-state index in [0.29, 0.717) is 17.3 Å². The van der Waals surface area contributed by atoms with Crippen molar-refractivity contribution in [2.45, 2.75) is 32.2 Å². The molecule has 1 fully saturated rings. The number of pyridine rings is 1. The monoisotopic (exact) mass is 371 g/mol. The lowest BCUT2D eigenvalue weighted by Crippen LogP contribution is -2.35. The van der Waals surface area contributed by atoms with Gasteiger partial charge in [-0.25, -0.2) is 0 Å². The molecule has 1 aliphatic carbocycles. The lowest BCUT2D eigenvalue weighted by molar-refractivity contribution is -0.128. The third-order valence-corrected chi connectivity index (χ3v) is 4.99. The lowest BCUT2D eigenvalue weighted by atomic mass is 9.81. The number of aromatic nitrogens is 1. The molecule has 26 heavy (non-hydrogen) atoms. The van der Waals surface area contributed by atoms with Gasteiger partial charge < -0.3 is 10.6 Å². The van der Waals surface area contributed by atoms with Crippen LogP contribution in [0.1, 0.15) is 31.2 Å². The zero-order valence-electron chi connectivity index (χ0n) is 14.5. The minimum atomic E-state index is -0.0589. The molecule has 6 heteroatoms. The van der Waals surface area contributed by atoms with Gasteiger partial charge in [-0.1, -0.05) is 23.7 Å². The molecule has 1 aromatic carbocycles. The first-order valence-corrected chi connectivity index (χ1v) is 9.22. The Labute approximate surface area is 158 Å². The van der Waals surface area contributed by atoms with Gasteiger partial charge >= 0.3 is 0 Å². The molecule has 3 rings (SSSR count). The highest BCUT2D eigenvalue weighted by atomic mass is 35.5. The van der Waals surface area contributed by atoms with Crippen molar-refractivity contribution in [3.63, 3.8) is 0 Å². The molecule has 5 nitrogen and oxygen atoms in total. The first kappa shape index (κ1) is 18.4. The van der Waals surface area contributed by atoms with Crippen LogP contribution < -0.4 is 10.6 Å². The van der Waals surface area contributed by atoms with Crippen molar-refractivity contribution in [2.75, 3.05) is 5.32 Å². The summed E-state index contributed by atoms with van der Waals surface area (Å²) in [7, 11) is 0. The molecule has 1 aromatic heterocycles. The molecule has 0 saturated heterocycles. The van der Waals surface area contributed by atoms with Crippen LogP contribution in [0.5, 0.6) is 0 Å². The number of benzene rings is 1. The standard InChI is InChI=1S/C20H22ClN3O2/c21-17-4-1-5-18(11-17)24-20(26)16-8-6-15(7-9-16)19(25)23-13-14-3-2-10-22-12-14/h1-5,10-12,15-16H,6-9,13H2,(H,23,25)(H,24,26). The Morgan fingerprint density at radius 1 is 1.04 bits per heavy atom. The van der Waals surface area contributed by atoms with Crippen LogP contribution in [0.2, 0.25) is 5.02 Å². The number of nitrogens with zero attached hydrogens (tertiary/aromatic N) is 1. The summed E-state index contributed by atoms with van der Waals surface area (Å²) >= 11 is 5.94. The fraction of sp³-hybridized carbons (Fsp3) is 0.350. The van der Waals surface area contributed by atoms with E-state index in [1.54, 1.807) is 30.6 Å². The number of nitrogens with one attached hydrogen (secondary N) is 2. The summed E-state index contributed by atoms with van der Waals surface area (Å²) in [5.74, 6) is -0.0257. The number of hydrogen-bond donors (Lipinski definition) is 2. The molecule has 2 amide bonds. The highest BCUT2D eigenvalue weighted by Crippen LogP contribution is 2.30. The van der Waals surface area contributed by atoms with E-state index >= 15 is 0 Å². The Bertz CT molecular complexity index is 759. The molecule has 1 saturated carbocycles. The van der Waals surface area contributed by atoms with Crippen LogP contribution in [-0.4, -0.2) is 16.8 Å². The number of amides is 2. The highest BCUT2D eigenvalue weighted by molar-refractivity contribution is 6.30. The minimum Gasteiger partial charge on any atom is -0.352 e. The number of carbonyl (C=O) groups is 2. The highest BCUT2D eigenvalue weighted by Gasteiger charge is 2.29. The summed E-state index contributed by atoms with van der Waals surface area (Å²) in [6.45, 7) is 0.488. The Balaban J connectivity index is 1.44. The number of carbonyl (C=O) groups excluding carboxylic acids is 2. The van der Waals surface area contributed by atoms with Crippen molar-refractivity contribution in [2.24, 2.45) is 11.8 Å². The van der Waals surface area contributed by atoms with E-state index in [2.05, 4.69) is 15.6 Å². The van der Waals surface area contributed by atoms with Crippen molar-refractivity contribution >= 4 is 29.1 Å². The second-order valence-electron chi connectivity index (χ2n) is 6.63. The maximum atomic E-state index is 12.4. The van der Waals surface area contributed by atoms with Crippen molar-refractivity contribution in [1.29, 1.82) is 0 Å². The van der Waals surface area contributed by atoms with Gasteiger partial charge in [-0.3, -0.25) is 14.6 Å². The molecule has 2 aromatic rings.